The van der Waals surface area contributed by atoms with Gasteiger partial charge >= 0.3 is 7.82 Å². The van der Waals surface area contributed by atoms with Gasteiger partial charge in [0.25, 0.3) is 0 Å². The lowest BCUT2D eigenvalue weighted by atomic mass is 10.5. The van der Waals surface area contributed by atoms with E-state index in [-0.39, 0.29) is 25.4 Å². The lowest BCUT2D eigenvalue weighted by Crippen LogP contribution is -2.05. The molecule has 2 heterocycles. The van der Waals surface area contributed by atoms with Gasteiger partial charge in [-0.1, -0.05) is 0 Å². The molecule has 76 valence electrons. The van der Waals surface area contributed by atoms with E-state index in [1.807, 2.05) is 0 Å². The van der Waals surface area contributed by atoms with Crippen LogP contribution in [-0.4, -0.2) is 43.5 Å². The van der Waals surface area contributed by atoms with Crippen molar-refractivity contribution in [1.29, 1.82) is 0 Å². The summed E-state index contributed by atoms with van der Waals surface area (Å²) in [5.74, 6) is 0. The molecule has 0 bridgehead atoms. The first-order valence-electron chi connectivity index (χ1n) is 4.01. The summed E-state index contributed by atoms with van der Waals surface area (Å²) in [5.41, 5.74) is 0. The van der Waals surface area contributed by atoms with Gasteiger partial charge in [-0.25, -0.2) is 4.57 Å². The first-order chi connectivity index (χ1) is 6.16. The fourth-order valence-corrected chi connectivity index (χ4v) is 1.50. The first-order valence-corrected chi connectivity index (χ1v) is 5.50. The first kappa shape index (κ1) is 9.58. The molecule has 7 heteroatoms. The van der Waals surface area contributed by atoms with Crippen molar-refractivity contribution in [3.8, 4) is 0 Å². The second-order valence-corrected chi connectivity index (χ2v) is 4.42. The lowest BCUT2D eigenvalue weighted by molar-refractivity contribution is 0.131. The fourth-order valence-electron chi connectivity index (χ4n) is 0.720. The van der Waals surface area contributed by atoms with Crippen LogP contribution in [0.1, 0.15) is 0 Å². The molecule has 2 saturated heterocycles. The zero-order valence-corrected chi connectivity index (χ0v) is 7.81. The molecule has 2 unspecified atom stereocenters. The Morgan fingerprint density at radius 2 is 1.62 bits per heavy atom. The minimum absolute atomic E-state index is 0.0405. The smallest absolute Gasteiger partial charge is 0.371 e. The second kappa shape index (κ2) is 3.65. The van der Waals surface area contributed by atoms with Crippen LogP contribution in [0.4, 0.5) is 0 Å². The molecule has 0 aromatic rings. The van der Waals surface area contributed by atoms with Gasteiger partial charge in [0, 0.05) is 0 Å². The molecule has 2 aliphatic rings. The highest BCUT2D eigenvalue weighted by molar-refractivity contribution is 7.47. The largest absolute Gasteiger partial charge is 0.472 e. The molecule has 0 spiro atoms. The molecule has 0 aliphatic carbocycles. The molecular weight excluding hydrogens is 199 g/mol. The highest BCUT2D eigenvalue weighted by atomic mass is 31.2. The molecule has 2 atom stereocenters. The van der Waals surface area contributed by atoms with Crippen molar-refractivity contribution >= 4 is 7.82 Å². The zero-order chi connectivity index (χ0) is 9.31. The van der Waals surface area contributed by atoms with E-state index < -0.39 is 7.82 Å². The predicted octanol–water partition coefficient (Wildman–Crippen LogP) is -0.0824. The Morgan fingerprint density at radius 3 is 1.92 bits per heavy atom. The molecule has 2 fully saturated rings. The van der Waals surface area contributed by atoms with Crippen molar-refractivity contribution in [2.75, 3.05) is 26.4 Å². The number of epoxide rings is 2. The third kappa shape index (κ3) is 3.72. The SMILES string of the molecule is O=P(O)(OCC1CO1)OCC1CO1. The van der Waals surface area contributed by atoms with E-state index in [2.05, 4.69) is 9.05 Å². The minimum Gasteiger partial charge on any atom is -0.371 e. The van der Waals surface area contributed by atoms with Gasteiger partial charge in [0.15, 0.2) is 0 Å². The molecule has 1 N–H and O–H groups in total. The summed E-state index contributed by atoms with van der Waals surface area (Å²) in [7, 11) is -3.88. The Bertz CT molecular complexity index is 203. The number of rotatable bonds is 6. The van der Waals surface area contributed by atoms with Crippen LogP contribution in [0.5, 0.6) is 0 Å². The Labute approximate surface area is 75.4 Å². The second-order valence-electron chi connectivity index (χ2n) is 2.97. The standard InChI is InChI=1S/C6H11O6P/c7-13(8,11-3-5-1-9-5)12-4-6-2-10-6/h5-6H,1-4H2,(H,7,8). The van der Waals surface area contributed by atoms with Crippen molar-refractivity contribution in [1.82, 2.24) is 0 Å². The Hall–Kier alpha value is 0.0300. The third-order valence-corrected chi connectivity index (χ3v) is 2.60. The molecule has 0 saturated carbocycles. The van der Waals surface area contributed by atoms with Gasteiger partial charge in [0.2, 0.25) is 0 Å². The average molecular weight is 210 g/mol. The molecule has 2 aliphatic heterocycles. The Kier molecular flexibility index (Phi) is 2.69. The lowest BCUT2D eigenvalue weighted by Gasteiger charge is -2.09. The van der Waals surface area contributed by atoms with Crippen molar-refractivity contribution in [3.63, 3.8) is 0 Å². The summed E-state index contributed by atoms with van der Waals surface area (Å²) in [4.78, 5) is 9.07. The topological polar surface area (TPSA) is 80.8 Å². The van der Waals surface area contributed by atoms with Crippen LogP contribution < -0.4 is 0 Å². The highest BCUT2D eigenvalue weighted by Gasteiger charge is 2.32. The van der Waals surface area contributed by atoms with Gasteiger partial charge in [0.1, 0.15) is 12.2 Å². The van der Waals surface area contributed by atoms with Crippen molar-refractivity contribution in [3.05, 3.63) is 0 Å². The van der Waals surface area contributed by atoms with Crippen LogP contribution in [0.2, 0.25) is 0 Å². The molecule has 0 aromatic carbocycles. The Morgan fingerprint density at radius 1 is 1.23 bits per heavy atom. The maximum absolute atomic E-state index is 11.1. The average Bonchev–Trinajstić information content (AvgIpc) is 2.92. The number of hydrogen-bond acceptors (Lipinski definition) is 5. The monoisotopic (exact) mass is 210 g/mol. The number of phosphoric acid groups is 1. The molecule has 6 nitrogen and oxygen atoms in total. The molecule has 2 rings (SSSR count). The van der Waals surface area contributed by atoms with Crippen molar-refractivity contribution in [2.45, 2.75) is 12.2 Å². The third-order valence-electron chi connectivity index (χ3n) is 1.65. The van der Waals surface area contributed by atoms with E-state index in [4.69, 9.17) is 14.4 Å². The van der Waals surface area contributed by atoms with E-state index in [0.717, 1.165) is 0 Å². The molecule has 0 amide bonds. The van der Waals surface area contributed by atoms with Gasteiger partial charge in [-0.05, 0) is 0 Å². The molecule has 0 radical (unpaired) electrons. The zero-order valence-electron chi connectivity index (χ0n) is 6.92. The molecule has 0 aromatic heterocycles. The van der Waals surface area contributed by atoms with Crippen LogP contribution in [0.25, 0.3) is 0 Å². The van der Waals surface area contributed by atoms with E-state index >= 15 is 0 Å². The summed E-state index contributed by atoms with van der Waals surface area (Å²) < 4.78 is 30.0. The normalized spacial score (nSPS) is 35.5. The van der Waals surface area contributed by atoms with E-state index in [9.17, 15) is 4.57 Å². The van der Waals surface area contributed by atoms with E-state index in [1.165, 1.54) is 0 Å². The summed E-state index contributed by atoms with van der Waals surface area (Å²) in [6, 6.07) is 0. The summed E-state index contributed by atoms with van der Waals surface area (Å²) in [6.07, 6.45) is -0.0810. The van der Waals surface area contributed by atoms with Gasteiger partial charge in [-0.3, -0.25) is 9.05 Å². The number of hydrogen-bond donors (Lipinski definition) is 1. The predicted molar refractivity (Wildman–Crippen MR) is 41.2 cm³/mol. The quantitative estimate of drug-likeness (QED) is 0.487. The minimum atomic E-state index is -3.88. The van der Waals surface area contributed by atoms with Gasteiger partial charge in [0.05, 0.1) is 26.4 Å². The van der Waals surface area contributed by atoms with Crippen LogP contribution in [-0.2, 0) is 23.1 Å². The Balaban J connectivity index is 1.63. The molecule has 13 heavy (non-hydrogen) atoms. The van der Waals surface area contributed by atoms with E-state index in [1.54, 1.807) is 0 Å². The summed E-state index contributed by atoms with van der Waals surface area (Å²) in [5, 5.41) is 0. The highest BCUT2D eigenvalue weighted by Crippen LogP contribution is 2.44. The summed E-state index contributed by atoms with van der Waals surface area (Å²) in [6.45, 7) is 1.40. The van der Waals surface area contributed by atoms with Crippen LogP contribution in [0.3, 0.4) is 0 Å². The maximum Gasteiger partial charge on any atom is 0.472 e. The van der Waals surface area contributed by atoms with Crippen molar-refractivity contribution in [2.24, 2.45) is 0 Å². The van der Waals surface area contributed by atoms with Gasteiger partial charge in [-0.2, -0.15) is 0 Å². The maximum atomic E-state index is 11.1. The number of phosphoric ester groups is 1. The number of ether oxygens (including phenoxy) is 2. The van der Waals surface area contributed by atoms with Crippen LogP contribution in [0, 0.1) is 0 Å². The van der Waals surface area contributed by atoms with E-state index in [0.29, 0.717) is 13.2 Å². The van der Waals surface area contributed by atoms with Crippen molar-refractivity contribution < 1.29 is 28.0 Å². The fraction of sp³-hybridized carbons (Fsp3) is 1.00. The molecular formula is C6H11O6P. The summed E-state index contributed by atoms with van der Waals surface area (Å²) >= 11 is 0. The van der Waals surface area contributed by atoms with Gasteiger partial charge in [-0.15, -0.1) is 0 Å². The van der Waals surface area contributed by atoms with Crippen LogP contribution in [0.15, 0.2) is 0 Å². The van der Waals surface area contributed by atoms with Crippen LogP contribution >= 0.6 is 7.82 Å². The van der Waals surface area contributed by atoms with Gasteiger partial charge < -0.3 is 14.4 Å².